The van der Waals surface area contributed by atoms with Gasteiger partial charge in [0.25, 0.3) is 11.5 Å². The number of nitrogens with one attached hydrogen (secondary N) is 2. The zero-order chi connectivity index (χ0) is 15.6. The van der Waals surface area contributed by atoms with E-state index in [1.807, 2.05) is 4.98 Å². The summed E-state index contributed by atoms with van der Waals surface area (Å²) >= 11 is 0. The molecule has 0 aliphatic carbocycles. The molecule has 0 saturated carbocycles. The average molecular weight is 291 g/mol. The first-order chi connectivity index (χ1) is 9.99. The zero-order valence-electron chi connectivity index (χ0n) is 11.3. The van der Waals surface area contributed by atoms with Gasteiger partial charge in [-0.25, -0.2) is 9.36 Å². The Morgan fingerprint density at radius 1 is 1.38 bits per heavy atom. The summed E-state index contributed by atoms with van der Waals surface area (Å²) in [6.07, 6.45) is 0. The lowest BCUT2D eigenvalue weighted by molar-refractivity contribution is 0.0957. The van der Waals surface area contributed by atoms with Crippen LogP contribution in [0, 0.1) is 0 Å². The summed E-state index contributed by atoms with van der Waals surface area (Å²) in [4.78, 5) is 37.2. The highest BCUT2D eigenvalue weighted by molar-refractivity contribution is 5.95. The van der Waals surface area contributed by atoms with Gasteiger partial charge in [0.15, 0.2) is 5.56 Å². The quantitative estimate of drug-likeness (QED) is 0.712. The fourth-order valence-corrected chi connectivity index (χ4v) is 1.84. The van der Waals surface area contributed by atoms with E-state index in [1.165, 1.54) is 26.3 Å². The molecule has 0 atom stereocenters. The Morgan fingerprint density at radius 2 is 2.10 bits per heavy atom. The molecule has 0 radical (unpaired) electrons. The van der Waals surface area contributed by atoms with E-state index < -0.39 is 28.6 Å². The van der Waals surface area contributed by atoms with E-state index in [2.05, 4.69) is 5.32 Å². The molecular weight excluding hydrogens is 278 g/mol. The van der Waals surface area contributed by atoms with E-state index in [0.29, 0.717) is 5.75 Å². The number of hydrogen-bond donors (Lipinski definition) is 3. The minimum atomic E-state index is -0.962. The summed E-state index contributed by atoms with van der Waals surface area (Å²) in [6, 6.07) is 6.25. The van der Waals surface area contributed by atoms with E-state index in [9.17, 15) is 19.5 Å². The van der Waals surface area contributed by atoms with Crippen LogP contribution < -0.4 is 21.3 Å². The molecule has 2 rings (SSSR count). The number of rotatable bonds is 3. The number of aromatic amines is 1. The highest BCUT2D eigenvalue weighted by Crippen LogP contribution is 2.20. The van der Waals surface area contributed by atoms with Crippen molar-refractivity contribution in [3.05, 3.63) is 50.7 Å². The molecule has 21 heavy (non-hydrogen) atoms. The Morgan fingerprint density at radius 3 is 2.71 bits per heavy atom. The third-order valence-corrected chi connectivity index (χ3v) is 2.85. The second kappa shape index (κ2) is 5.53. The Hall–Kier alpha value is -3.03. The number of ether oxygens (including phenoxy) is 1. The van der Waals surface area contributed by atoms with Crippen LogP contribution in [0.25, 0.3) is 5.69 Å². The maximum Gasteiger partial charge on any atom is 0.335 e. The molecule has 1 aromatic carbocycles. The number of carbonyl (C=O) groups is 1. The summed E-state index contributed by atoms with van der Waals surface area (Å²) in [5.41, 5.74) is -2.12. The van der Waals surface area contributed by atoms with Crippen LogP contribution in [0.5, 0.6) is 11.6 Å². The van der Waals surface area contributed by atoms with Crippen LogP contribution in [-0.2, 0) is 0 Å². The van der Waals surface area contributed by atoms with Crippen molar-refractivity contribution < 1.29 is 14.6 Å². The molecule has 8 heteroatoms. The van der Waals surface area contributed by atoms with Gasteiger partial charge in [-0.2, -0.15) is 0 Å². The molecule has 1 heterocycles. The van der Waals surface area contributed by atoms with E-state index in [0.717, 1.165) is 4.57 Å². The molecule has 0 aliphatic rings. The van der Waals surface area contributed by atoms with Gasteiger partial charge in [0.1, 0.15) is 5.75 Å². The average Bonchev–Trinajstić information content (AvgIpc) is 2.46. The highest BCUT2D eigenvalue weighted by Gasteiger charge is 2.20. The van der Waals surface area contributed by atoms with Crippen molar-refractivity contribution in [2.45, 2.75) is 0 Å². The Balaban J connectivity index is 2.77. The molecule has 0 saturated heterocycles. The van der Waals surface area contributed by atoms with Crippen LogP contribution in [0.2, 0.25) is 0 Å². The number of hydrogen-bond acceptors (Lipinski definition) is 5. The van der Waals surface area contributed by atoms with E-state index >= 15 is 0 Å². The van der Waals surface area contributed by atoms with Gasteiger partial charge < -0.3 is 15.2 Å². The molecule has 8 nitrogen and oxygen atoms in total. The van der Waals surface area contributed by atoms with Gasteiger partial charge >= 0.3 is 5.69 Å². The minimum Gasteiger partial charge on any atom is -0.497 e. The van der Waals surface area contributed by atoms with Crippen molar-refractivity contribution in [2.75, 3.05) is 14.2 Å². The molecule has 2 aromatic rings. The number of benzene rings is 1. The number of aromatic hydroxyl groups is 1. The van der Waals surface area contributed by atoms with E-state index in [4.69, 9.17) is 4.74 Å². The van der Waals surface area contributed by atoms with Crippen molar-refractivity contribution >= 4 is 5.91 Å². The zero-order valence-corrected chi connectivity index (χ0v) is 11.3. The standard InChI is InChI=1S/C13H13N3O5/c1-14-10(17)9-11(18)15-13(20)16(12(9)19)7-4-3-5-8(6-7)21-2/h3-6,19H,1-2H3,(H,14,17)(H,15,18,20). The predicted octanol–water partition coefficient (Wildman–Crippen LogP) is -0.400. The molecule has 3 N–H and O–H groups in total. The maximum absolute atomic E-state index is 11.9. The van der Waals surface area contributed by atoms with Crippen molar-refractivity contribution in [2.24, 2.45) is 0 Å². The van der Waals surface area contributed by atoms with Crippen molar-refractivity contribution in [1.29, 1.82) is 0 Å². The van der Waals surface area contributed by atoms with Gasteiger partial charge in [-0.05, 0) is 12.1 Å². The van der Waals surface area contributed by atoms with Crippen molar-refractivity contribution in [1.82, 2.24) is 14.9 Å². The molecular formula is C13H13N3O5. The lowest BCUT2D eigenvalue weighted by Crippen LogP contribution is -2.35. The number of nitrogens with zero attached hydrogens (tertiary/aromatic N) is 1. The first kappa shape index (κ1) is 14.4. The summed E-state index contributed by atoms with van der Waals surface area (Å²) in [7, 11) is 2.76. The number of aromatic nitrogens is 2. The second-order valence-corrected chi connectivity index (χ2v) is 4.07. The largest absolute Gasteiger partial charge is 0.497 e. The first-order valence-electron chi connectivity index (χ1n) is 5.94. The van der Waals surface area contributed by atoms with Gasteiger partial charge in [-0.15, -0.1) is 0 Å². The summed E-state index contributed by atoms with van der Waals surface area (Å²) < 4.78 is 5.84. The monoisotopic (exact) mass is 291 g/mol. The van der Waals surface area contributed by atoms with Crippen LogP contribution >= 0.6 is 0 Å². The van der Waals surface area contributed by atoms with Gasteiger partial charge in [0.05, 0.1) is 12.8 Å². The van der Waals surface area contributed by atoms with Gasteiger partial charge in [-0.3, -0.25) is 14.6 Å². The Kier molecular flexibility index (Phi) is 3.79. The lowest BCUT2D eigenvalue weighted by Gasteiger charge is -2.11. The number of carbonyl (C=O) groups excluding carboxylic acids is 1. The third-order valence-electron chi connectivity index (χ3n) is 2.85. The van der Waals surface area contributed by atoms with Gasteiger partial charge in [0.2, 0.25) is 5.88 Å². The highest BCUT2D eigenvalue weighted by atomic mass is 16.5. The normalized spacial score (nSPS) is 10.2. The van der Waals surface area contributed by atoms with Gasteiger partial charge in [0, 0.05) is 13.1 Å². The topological polar surface area (TPSA) is 113 Å². The maximum atomic E-state index is 11.9. The Bertz CT molecular complexity index is 806. The smallest absolute Gasteiger partial charge is 0.335 e. The summed E-state index contributed by atoms with van der Waals surface area (Å²) in [5.74, 6) is -1.09. The SMILES string of the molecule is CNC(=O)c1c(O)n(-c2cccc(OC)c2)c(=O)[nH]c1=O. The predicted molar refractivity (Wildman–Crippen MR) is 74.3 cm³/mol. The molecule has 1 amide bonds. The second-order valence-electron chi connectivity index (χ2n) is 4.07. The molecule has 0 unspecified atom stereocenters. The van der Waals surface area contributed by atoms with Gasteiger partial charge in [-0.1, -0.05) is 6.07 Å². The minimum absolute atomic E-state index is 0.248. The summed E-state index contributed by atoms with van der Waals surface area (Å²) in [6.45, 7) is 0. The van der Waals surface area contributed by atoms with Crippen molar-refractivity contribution in [3.8, 4) is 17.3 Å². The molecule has 0 fully saturated rings. The van der Waals surface area contributed by atoms with E-state index in [1.54, 1.807) is 12.1 Å². The molecule has 0 spiro atoms. The fraction of sp³-hybridized carbons (Fsp3) is 0.154. The van der Waals surface area contributed by atoms with Crippen LogP contribution in [0.4, 0.5) is 0 Å². The van der Waals surface area contributed by atoms with Crippen molar-refractivity contribution in [3.63, 3.8) is 0 Å². The summed E-state index contributed by atoms with van der Waals surface area (Å²) in [5, 5.41) is 12.3. The third kappa shape index (κ3) is 2.50. The molecule has 110 valence electrons. The first-order valence-corrected chi connectivity index (χ1v) is 5.94. The van der Waals surface area contributed by atoms with E-state index in [-0.39, 0.29) is 5.69 Å². The number of amides is 1. The molecule has 0 aliphatic heterocycles. The van der Waals surface area contributed by atoms with Crippen LogP contribution in [0.3, 0.4) is 0 Å². The van der Waals surface area contributed by atoms with Crippen LogP contribution in [0.15, 0.2) is 33.9 Å². The van der Waals surface area contributed by atoms with Crippen LogP contribution in [-0.4, -0.2) is 34.7 Å². The molecule has 1 aromatic heterocycles. The fourth-order valence-electron chi connectivity index (χ4n) is 1.84. The van der Waals surface area contributed by atoms with Crippen LogP contribution in [0.1, 0.15) is 10.4 Å². The number of H-pyrrole nitrogens is 1. The molecule has 0 bridgehead atoms. The Labute approximate surface area is 118 Å². The lowest BCUT2D eigenvalue weighted by atomic mass is 10.2. The number of methoxy groups -OCH3 is 1.